The zero-order valence-corrected chi connectivity index (χ0v) is 9.15. The van der Waals surface area contributed by atoms with Crippen LogP contribution in [0.2, 0.25) is 0 Å². The third-order valence-corrected chi connectivity index (χ3v) is 2.31. The fourth-order valence-corrected chi connectivity index (χ4v) is 1.62. The van der Waals surface area contributed by atoms with Crippen LogP contribution in [0.5, 0.6) is 0 Å². The Morgan fingerprint density at radius 3 is 2.38 bits per heavy atom. The molecular weight excluding hydrogens is 190 g/mol. The maximum Gasteiger partial charge on any atom is 0.235 e. The van der Waals surface area contributed by atoms with Crippen LogP contribution in [0, 0.1) is 0 Å². The van der Waals surface area contributed by atoms with Crippen molar-refractivity contribution in [2.75, 3.05) is 12.0 Å². The third-order valence-electron chi connectivity index (χ3n) is 1.52. The second-order valence-electron chi connectivity index (χ2n) is 3.33. The molecule has 0 heterocycles. The van der Waals surface area contributed by atoms with Crippen molar-refractivity contribution < 1.29 is 13.2 Å². The van der Waals surface area contributed by atoms with Gasteiger partial charge in [0.25, 0.3) is 0 Å². The second kappa shape index (κ2) is 5.21. The highest BCUT2D eigenvalue weighted by atomic mass is 32.2. The average Bonchev–Trinajstić information content (AvgIpc) is 1.81. The van der Waals surface area contributed by atoms with Crippen molar-refractivity contribution in [3.8, 4) is 0 Å². The van der Waals surface area contributed by atoms with E-state index in [0.29, 0.717) is 0 Å². The van der Waals surface area contributed by atoms with Gasteiger partial charge in [-0.15, -0.1) is 0 Å². The lowest BCUT2D eigenvalue weighted by Gasteiger charge is -2.11. The van der Waals surface area contributed by atoms with Gasteiger partial charge >= 0.3 is 0 Å². The molecule has 0 aliphatic rings. The van der Waals surface area contributed by atoms with Crippen LogP contribution in [0.3, 0.4) is 0 Å². The number of nitrogens with one attached hydrogen (secondary N) is 1. The van der Waals surface area contributed by atoms with Crippen molar-refractivity contribution >= 4 is 15.7 Å². The summed E-state index contributed by atoms with van der Waals surface area (Å²) in [6, 6.07) is 0.0549. The molecule has 78 valence electrons. The number of hydrogen-bond donors (Lipinski definition) is 1. The minimum absolute atomic E-state index is 0.0549. The molecule has 0 bridgehead atoms. The molecule has 5 heteroatoms. The lowest BCUT2D eigenvalue weighted by atomic mass is 10.2. The van der Waals surface area contributed by atoms with Gasteiger partial charge in [-0.05, 0) is 13.3 Å². The highest BCUT2D eigenvalue weighted by Crippen LogP contribution is 1.94. The summed E-state index contributed by atoms with van der Waals surface area (Å²) in [6.07, 6.45) is 2.90. The van der Waals surface area contributed by atoms with Crippen molar-refractivity contribution in [2.45, 2.75) is 32.7 Å². The van der Waals surface area contributed by atoms with Gasteiger partial charge in [0.15, 0.2) is 9.84 Å². The summed E-state index contributed by atoms with van der Waals surface area (Å²) >= 11 is 0. The second-order valence-corrected chi connectivity index (χ2v) is 5.47. The molecule has 0 fully saturated rings. The fourth-order valence-electron chi connectivity index (χ4n) is 1.06. The Hall–Kier alpha value is -0.580. The molecule has 0 aliphatic carbocycles. The molecule has 1 amide bonds. The number of carbonyl (C=O) groups excluding carboxylic acids is 1. The van der Waals surface area contributed by atoms with Gasteiger partial charge in [-0.25, -0.2) is 8.42 Å². The molecule has 0 aromatic rings. The Balaban J connectivity index is 3.88. The highest BCUT2D eigenvalue weighted by molar-refractivity contribution is 7.91. The van der Waals surface area contributed by atoms with Gasteiger partial charge < -0.3 is 5.32 Å². The summed E-state index contributed by atoms with van der Waals surface area (Å²) in [5.41, 5.74) is 0. The molecule has 0 aromatic heterocycles. The van der Waals surface area contributed by atoms with E-state index in [1.807, 2.05) is 13.8 Å². The topological polar surface area (TPSA) is 63.2 Å². The molecule has 1 unspecified atom stereocenters. The predicted molar refractivity (Wildman–Crippen MR) is 52.2 cm³/mol. The Bertz CT molecular complexity index is 259. The van der Waals surface area contributed by atoms with Gasteiger partial charge in [0, 0.05) is 12.3 Å². The standard InChI is InChI=1S/C8H17NO3S/c1-4-5-7(2)9-8(10)6-13(3,11)12/h7H,4-6H2,1-3H3,(H,9,10). The Morgan fingerprint density at radius 2 is 2.00 bits per heavy atom. The van der Waals surface area contributed by atoms with Crippen LogP contribution in [-0.4, -0.2) is 32.4 Å². The normalized spacial score (nSPS) is 13.8. The largest absolute Gasteiger partial charge is 0.353 e. The van der Waals surface area contributed by atoms with E-state index in [2.05, 4.69) is 5.32 Å². The van der Waals surface area contributed by atoms with E-state index in [9.17, 15) is 13.2 Å². The first-order valence-corrected chi connectivity index (χ1v) is 6.38. The van der Waals surface area contributed by atoms with Crippen LogP contribution in [-0.2, 0) is 14.6 Å². The smallest absolute Gasteiger partial charge is 0.235 e. The molecule has 0 saturated heterocycles. The Labute approximate surface area is 79.6 Å². The molecule has 0 spiro atoms. The molecule has 13 heavy (non-hydrogen) atoms. The summed E-state index contributed by atoms with van der Waals surface area (Å²) < 4.78 is 21.4. The van der Waals surface area contributed by atoms with E-state index in [1.54, 1.807) is 0 Å². The third kappa shape index (κ3) is 7.77. The van der Waals surface area contributed by atoms with Crippen LogP contribution in [0.25, 0.3) is 0 Å². The SMILES string of the molecule is CCCC(C)NC(=O)CS(C)(=O)=O. The van der Waals surface area contributed by atoms with Gasteiger partial charge in [-0.2, -0.15) is 0 Å². The lowest BCUT2D eigenvalue weighted by molar-refractivity contribution is -0.119. The lowest BCUT2D eigenvalue weighted by Crippen LogP contribution is -2.36. The van der Waals surface area contributed by atoms with Crippen LogP contribution in [0.4, 0.5) is 0 Å². The molecule has 4 nitrogen and oxygen atoms in total. The summed E-state index contributed by atoms with van der Waals surface area (Å²) in [5.74, 6) is -0.829. The van der Waals surface area contributed by atoms with Crippen LogP contribution >= 0.6 is 0 Å². The molecular formula is C8H17NO3S. The highest BCUT2D eigenvalue weighted by Gasteiger charge is 2.12. The molecule has 1 N–H and O–H groups in total. The van der Waals surface area contributed by atoms with E-state index in [1.165, 1.54) is 0 Å². The minimum atomic E-state index is -3.20. The molecule has 0 saturated carbocycles. The average molecular weight is 207 g/mol. The summed E-state index contributed by atoms with van der Waals surface area (Å²) in [5, 5.41) is 2.62. The first-order valence-electron chi connectivity index (χ1n) is 4.32. The van der Waals surface area contributed by atoms with Gasteiger partial charge in [-0.1, -0.05) is 13.3 Å². The summed E-state index contributed by atoms with van der Waals surface area (Å²) in [4.78, 5) is 11.1. The number of sulfone groups is 1. The van der Waals surface area contributed by atoms with E-state index >= 15 is 0 Å². The van der Waals surface area contributed by atoms with Crippen molar-refractivity contribution in [3.63, 3.8) is 0 Å². The monoisotopic (exact) mass is 207 g/mol. The van der Waals surface area contributed by atoms with E-state index < -0.39 is 21.5 Å². The van der Waals surface area contributed by atoms with Gasteiger partial charge in [-0.3, -0.25) is 4.79 Å². The minimum Gasteiger partial charge on any atom is -0.353 e. The van der Waals surface area contributed by atoms with Crippen molar-refractivity contribution in [1.29, 1.82) is 0 Å². The maximum absolute atomic E-state index is 11.1. The zero-order chi connectivity index (χ0) is 10.5. The number of amides is 1. The van der Waals surface area contributed by atoms with Crippen molar-refractivity contribution in [3.05, 3.63) is 0 Å². The van der Waals surface area contributed by atoms with E-state index in [-0.39, 0.29) is 6.04 Å². The molecule has 0 aromatic carbocycles. The summed E-state index contributed by atoms with van der Waals surface area (Å²) in [7, 11) is -3.20. The molecule has 0 aliphatic heterocycles. The van der Waals surface area contributed by atoms with Gasteiger partial charge in [0.1, 0.15) is 5.75 Å². The molecule has 1 atom stereocenters. The van der Waals surface area contributed by atoms with Gasteiger partial charge in [0.05, 0.1) is 0 Å². The Kier molecular flexibility index (Phi) is 4.98. The van der Waals surface area contributed by atoms with E-state index in [0.717, 1.165) is 19.1 Å². The number of carbonyl (C=O) groups is 1. The zero-order valence-electron chi connectivity index (χ0n) is 8.33. The van der Waals surface area contributed by atoms with Gasteiger partial charge in [0.2, 0.25) is 5.91 Å². The van der Waals surface area contributed by atoms with Crippen LogP contribution in [0.15, 0.2) is 0 Å². The first-order chi connectivity index (χ1) is 5.85. The molecule has 0 radical (unpaired) electrons. The molecule has 0 rings (SSSR count). The van der Waals surface area contributed by atoms with Crippen molar-refractivity contribution in [2.24, 2.45) is 0 Å². The summed E-state index contributed by atoms with van der Waals surface area (Å²) in [6.45, 7) is 3.88. The number of hydrogen-bond acceptors (Lipinski definition) is 3. The fraction of sp³-hybridized carbons (Fsp3) is 0.875. The Morgan fingerprint density at radius 1 is 1.46 bits per heavy atom. The maximum atomic E-state index is 11.1. The van der Waals surface area contributed by atoms with Crippen LogP contribution in [0.1, 0.15) is 26.7 Å². The van der Waals surface area contributed by atoms with E-state index in [4.69, 9.17) is 0 Å². The van der Waals surface area contributed by atoms with Crippen LogP contribution < -0.4 is 5.32 Å². The van der Waals surface area contributed by atoms with Crippen molar-refractivity contribution in [1.82, 2.24) is 5.32 Å². The number of rotatable bonds is 5. The first kappa shape index (κ1) is 12.4. The quantitative estimate of drug-likeness (QED) is 0.707. The predicted octanol–water partition coefficient (Wildman–Crippen LogP) is 0.336.